The molecule has 1 aliphatic heterocycles. The molecule has 8 nitrogen and oxygen atoms in total. The number of methoxy groups -OCH3 is 1. The van der Waals surface area contributed by atoms with Gasteiger partial charge in [-0.2, -0.15) is 0 Å². The molecule has 2 heterocycles. The van der Waals surface area contributed by atoms with Crippen LogP contribution < -0.4 is 9.47 Å². The number of amides is 1. The number of hydrogen-bond donors (Lipinski definition) is 2. The third kappa shape index (κ3) is 3.22. The molecule has 30 heavy (non-hydrogen) atoms. The Balaban J connectivity index is 1.82. The molecule has 0 unspecified atom stereocenters. The zero-order chi connectivity index (χ0) is 21.6. The fourth-order valence-electron chi connectivity index (χ4n) is 3.38. The SMILES string of the molecule is COc1ccc2c(c1)c(C=C1Oc3cc(O)cc(O)c3C1=O)cn2CC(=O)N(C)C. The van der Waals surface area contributed by atoms with Crippen molar-refractivity contribution >= 4 is 28.7 Å². The van der Waals surface area contributed by atoms with Crippen LogP contribution in [0.15, 0.2) is 42.3 Å². The average molecular weight is 408 g/mol. The topological polar surface area (TPSA) is 101 Å². The zero-order valence-electron chi connectivity index (χ0n) is 16.7. The normalized spacial score (nSPS) is 14.1. The van der Waals surface area contributed by atoms with Crippen LogP contribution in [0.3, 0.4) is 0 Å². The summed E-state index contributed by atoms with van der Waals surface area (Å²) in [5, 5.41) is 20.4. The van der Waals surface area contributed by atoms with E-state index in [0.29, 0.717) is 11.3 Å². The van der Waals surface area contributed by atoms with Gasteiger partial charge in [0.15, 0.2) is 5.76 Å². The van der Waals surface area contributed by atoms with E-state index in [1.54, 1.807) is 44.1 Å². The van der Waals surface area contributed by atoms with Crippen LogP contribution in [0.2, 0.25) is 0 Å². The molecule has 1 aliphatic rings. The van der Waals surface area contributed by atoms with Gasteiger partial charge in [-0.1, -0.05) is 0 Å². The van der Waals surface area contributed by atoms with E-state index in [0.717, 1.165) is 17.0 Å². The van der Waals surface area contributed by atoms with Crippen LogP contribution in [0.5, 0.6) is 23.0 Å². The fraction of sp³-hybridized carbons (Fsp3) is 0.182. The summed E-state index contributed by atoms with van der Waals surface area (Å²) in [5.74, 6) is -0.399. The highest BCUT2D eigenvalue weighted by Crippen LogP contribution is 2.41. The first-order chi connectivity index (χ1) is 14.3. The second kappa shape index (κ2) is 7.14. The maximum absolute atomic E-state index is 12.7. The van der Waals surface area contributed by atoms with Crippen molar-refractivity contribution in [2.75, 3.05) is 21.2 Å². The van der Waals surface area contributed by atoms with Crippen molar-refractivity contribution in [3.8, 4) is 23.0 Å². The molecule has 3 aromatic rings. The second-order valence-electron chi connectivity index (χ2n) is 7.16. The maximum Gasteiger partial charge on any atom is 0.241 e. The Hall–Kier alpha value is -3.94. The molecule has 0 bridgehead atoms. The van der Waals surface area contributed by atoms with E-state index < -0.39 is 5.78 Å². The Morgan fingerprint density at radius 3 is 2.70 bits per heavy atom. The van der Waals surface area contributed by atoms with Gasteiger partial charge in [-0.15, -0.1) is 0 Å². The minimum Gasteiger partial charge on any atom is -0.508 e. The van der Waals surface area contributed by atoms with E-state index in [4.69, 9.17) is 9.47 Å². The molecule has 0 aliphatic carbocycles. The summed E-state index contributed by atoms with van der Waals surface area (Å²) in [4.78, 5) is 26.5. The third-order valence-electron chi connectivity index (χ3n) is 4.95. The summed E-state index contributed by atoms with van der Waals surface area (Å²) in [6.07, 6.45) is 3.31. The number of ether oxygens (including phenoxy) is 2. The Morgan fingerprint density at radius 1 is 1.23 bits per heavy atom. The largest absolute Gasteiger partial charge is 0.508 e. The quantitative estimate of drug-likeness (QED) is 0.644. The van der Waals surface area contributed by atoms with Crippen molar-refractivity contribution in [3.63, 3.8) is 0 Å². The number of carbonyl (C=O) groups excluding carboxylic acids is 2. The minimum absolute atomic E-state index is 0.00292. The van der Waals surface area contributed by atoms with E-state index in [1.165, 1.54) is 11.0 Å². The third-order valence-corrected chi connectivity index (χ3v) is 4.95. The fourth-order valence-corrected chi connectivity index (χ4v) is 3.38. The van der Waals surface area contributed by atoms with Crippen LogP contribution in [0.4, 0.5) is 0 Å². The van der Waals surface area contributed by atoms with Crippen LogP contribution in [-0.4, -0.2) is 52.6 Å². The number of aromatic nitrogens is 1. The molecule has 2 N–H and O–H groups in total. The summed E-state index contributed by atoms with van der Waals surface area (Å²) in [6, 6.07) is 7.82. The number of aromatic hydroxyl groups is 2. The van der Waals surface area contributed by atoms with Crippen molar-refractivity contribution < 1.29 is 29.3 Å². The first kappa shape index (κ1) is 19.4. The van der Waals surface area contributed by atoms with E-state index in [2.05, 4.69) is 0 Å². The smallest absolute Gasteiger partial charge is 0.241 e. The molecule has 0 radical (unpaired) electrons. The lowest BCUT2D eigenvalue weighted by atomic mass is 10.1. The number of phenols is 2. The molecule has 1 amide bonds. The highest BCUT2D eigenvalue weighted by atomic mass is 16.5. The highest BCUT2D eigenvalue weighted by Gasteiger charge is 2.31. The molecular weight excluding hydrogens is 388 g/mol. The molecule has 4 rings (SSSR count). The van der Waals surface area contributed by atoms with Gasteiger partial charge >= 0.3 is 0 Å². The number of benzene rings is 2. The molecule has 154 valence electrons. The molecule has 2 aromatic carbocycles. The van der Waals surface area contributed by atoms with Gasteiger partial charge in [0, 0.05) is 48.9 Å². The van der Waals surface area contributed by atoms with Gasteiger partial charge in [0.1, 0.15) is 35.1 Å². The van der Waals surface area contributed by atoms with Crippen molar-refractivity contribution in [1.29, 1.82) is 0 Å². The molecule has 0 fully saturated rings. The first-order valence-electron chi connectivity index (χ1n) is 9.15. The summed E-state index contributed by atoms with van der Waals surface area (Å²) in [6.45, 7) is 0.128. The van der Waals surface area contributed by atoms with Crippen molar-refractivity contribution in [2.45, 2.75) is 6.54 Å². The predicted octanol–water partition coefficient (Wildman–Crippen LogP) is 2.77. The number of carbonyl (C=O) groups is 2. The second-order valence-corrected chi connectivity index (χ2v) is 7.16. The standard InChI is InChI=1S/C22H20N2O6/c1-23(2)20(27)11-24-10-12(15-9-14(29-3)4-5-16(15)24)6-19-22(28)21-17(26)7-13(25)8-18(21)30-19/h4-10,25-26H,11H2,1-3H3. The number of Topliss-reactive ketones (excluding diaryl/α,β-unsaturated/α-hetero) is 1. The summed E-state index contributed by atoms with van der Waals surface area (Å²) >= 11 is 0. The highest BCUT2D eigenvalue weighted by molar-refractivity contribution is 6.16. The molecule has 1 aromatic heterocycles. The monoisotopic (exact) mass is 408 g/mol. The van der Waals surface area contributed by atoms with Crippen molar-refractivity contribution in [1.82, 2.24) is 9.47 Å². The number of rotatable bonds is 4. The number of fused-ring (bicyclic) bond motifs is 2. The van der Waals surface area contributed by atoms with Crippen molar-refractivity contribution in [2.24, 2.45) is 0 Å². The lowest BCUT2D eigenvalue weighted by molar-refractivity contribution is -0.129. The number of likely N-dealkylation sites (N-methyl/N-ethyl adjacent to an activating group) is 1. The molecular formula is C22H20N2O6. The lowest BCUT2D eigenvalue weighted by Gasteiger charge is -2.11. The molecule has 0 atom stereocenters. The Labute approximate surface area is 172 Å². The molecule has 8 heteroatoms. The number of hydrogen-bond acceptors (Lipinski definition) is 6. The van der Waals surface area contributed by atoms with Crippen molar-refractivity contribution in [3.05, 3.63) is 53.4 Å². The number of phenolic OH excluding ortho intramolecular Hbond substituents is 2. The number of nitrogens with zero attached hydrogens (tertiary/aromatic N) is 2. The molecule has 0 saturated heterocycles. The summed E-state index contributed by atoms with van der Waals surface area (Å²) in [7, 11) is 4.93. The van der Waals surface area contributed by atoms with Gasteiger partial charge in [0.05, 0.1) is 7.11 Å². The summed E-state index contributed by atoms with van der Waals surface area (Å²) < 4.78 is 12.7. The van der Waals surface area contributed by atoms with Crippen LogP contribution in [0, 0.1) is 0 Å². The lowest BCUT2D eigenvalue weighted by Crippen LogP contribution is -2.25. The number of allylic oxidation sites excluding steroid dienone is 1. The Bertz CT molecular complexity index is 1220. The van der Waals surface area contributed by atoms with Gasteiger partial charge in [0.2, 0.25) is 11.7 Å². The van der Waals surface area contributed by atoms with Gasteiger partial charge in [-0.3, -0.25) is 9.59 Å². The Morgan fingerprint density at radius 2 is 2.00 bits per heavy atom. The van der Waals surface area contributed by atoms with Gasteiger partial charge in [-0.25, -0.2) is 0 Å². The zero-order valence-corrected chi connectivity index (χ0v) is 16.7. The van der Waals surface area contributed by atoms with Crippen LogP contribution in [0.25, 0.3) is 17.0 Å². The van der Waals surface area contributed by atoms with Gasteiger partial charge in [-0.05, 0) is 24.3 Å². The van der Waals surface area contributed by atoms with E-state index in [9.17, 15) is 19.8 Å². The van der Waals surface area contributed by atoms with E-state index in [-0.39, 0.29) is 41.0 Å². The van der Waals surface area contributed by atoms with Gasteiger partial charge in [0.25, 0.3) is 0 Å². The minimum atomic E-state index is -0.490. The first-order valence-corrected chi connectivity index (χ1v) is 9.15. The van der Waals surface area contributed by atoms with Crippen LogP contribution >= 0.6 is 0 Å². The van der Waals surface area contributed by atoms with Crippen LogP contribution in [0.1, 0.15) is 15.9 Å². The predicted molar refractivity (Wildman–Crippen MR) is 110 cm³/mol. The van der Waals surface area contributed by atoms with E-state index in [1.807, 2.05) is 12.1 Å². The maximum atomic E-state index is 12.7. The molecule has 0 spiro atoms. The van der Waals surface area contributed by atoms with Crippen LogP contribution in [-0.2, 0) is 11.3 Å². The molecule has 0 saturated carbocycles. The average Bonchev–Trinajstić information content (AvgIpc) is 3.19. The van der Waals surface area contributed by atoms with Gasteiger partial charge < -0.3 is 29.2 Å². The number of ketones is 1. The Kier molecular flexibility index (Phi) is 4.62. The summed E-state index contributed by atoms with van der Waals surface area (Å²) in [5.41, 5.74) is 1.44. The van der Waals surface area contributed by atoms with E-state index >= 15 is 0 Å².